The van der Waals surface area contributed by atoms with E-state index in [2.05, 4.69) is 31.6 Å². The fourth-order valence-electron chi connectivity index (χ4n) is 6.16. The Hall–Kier alpha value is -3.03. The quantitative estimate of drug-likeness (QED) is 0.361. The minimum Gasteiger partial charge on any atom is -0.338 e. The molecule has 0 unspecified atom stereocenters. The second-order valence-corrected chi connectivity index (χ2v) is 11.1. The summed E-state index contributed by atoms with van der Waals surface area (Å²) in [4.78, 5) is 22.8. The predicted molar refractivity (Wildman–Crippen MR) is 142 cm³/mol. The van der Waals surface area contributed by atoms with Gasteiger partial charge < -0.3 is 14.4 Å². The summed E-state index contributed by atoms with van der Waals surface area (Å²) in [6.07, 6.45) is 3.96. The Morgan fingerprint density at radius 2 is 1.86 bits per heavy atom. The maximum Gasteiger partial charge on any atom is 0.256 e. The van der Waals surface area contributed by atoms with Gasteiger partial charge in [0.1, 0.15) is 5.82 Å². The van der Waals surface area contributed by atoms with E-state index < -0.39 is 0 Å². The van der Waals surface area contributed by atoms with Crippen LogP contribution in [0.3, 0.4) is 0 Å². The Labute approximate surface area is 215 Å². The molecule has 4 heterocycles. The SMILES string of the molecule is Cn1cnc2cccc(C(=O)N3C[C@@H](CN4CCC(c5ccc(F)cc5)CC4)[C@H](c4ccsc4)C3)c21. The number of thiophene rings is 1. The third kappa shape index (κ3) is 4.46. The number of benzene rings is 2. The lowest BCUT2D eigenvalue weighted by molar-refractivity contribution is 0.0783. The number of halogens is 1. The normalized spacial score (nSPS) is 21.4. The van der Waals surface area contributed by atoms with Gasteiger partial charge in [-0.3, -0.25) is 4.79 Å². The van der Waals surface area contributed by atoms with Gasteiger partial charge in [0.15, 0.2) is 0 Å². The van der Waals surface area contributed by atoms with E-state index >= 15 is 0 Å². The lowest BCUT2D eigenvalue weighted by Gasteiger charge is -2.34. The number of rotatable bonds is 5. The summed E-state index contributed by atoms with van der Waals surface area (Å²) >= 11 is 1.73. The van der Waals surface area contributed by atoms with Crippen LogP contribution < -0.4 is 0 Å². The first kappa shape index (κ1) is 23.4. The number of amides is 1. The molecule has 5 nitrogen and oxygen atoms in total. The number of aryl methyl sites for hydroxylation is 1. The molecule has 1 amide bonds. The molecule has 0 saturated carbocycles. The average molecular weight is 503 g/mol. The number of aromatic nitrogens is 2. The Kier molecular flexibility index (Phi) is 6.36. The van der Waals surface area contributed by atoms with Crippen molar-refractivity contribution in [3.05, 3.63) is 88.1 Å². The van der Waals surface area contributed by atoms with Gasteiger partial charge in [-0.1, -0.05) is 18.2 Å². The van der Waals surface area contributed by atoms with E-state index in [1.54, 1.807) is 29.8 Å². The van der Waals surface area contributed by atoms with Crippen LogP contribution in [0.4, 0.5) is 4.39 Å². The molecule has 6 rings (SSSR count). The first-order chi connectivity index (χ1) is 17.6. The molecule has 2 aromatic carbocycles. The molecule has 2 fully saturated rings. The maximum absolute atomic E-state index is 13.7. The van der Waals surface area contributed by atoms with Crippen LogP contribution in [0.1, 0.15) is 46.2 Å². The Balaban J connectivity index is 1.17. The number of para-hydroxylation sites is 1. The minimum absolute atomic E-state index is 0.0990. The van der Waals surface area contributed by atoms with Crippen LogP contribution in [0.5, 0.6) is 0 Å². The summed E-state index contributed by atoms with van der Waals surface area (Å²) in [6, 6.07) is 15.1. The van der Waals surface area contributed by atoms with Crippen molar-refractivity contribution in [1.29, 1.82) is 0 Å². The maximum atomic E-state index is 13.7. The lowest BCUT2D eigenvalue weighted by atomic mass is 9.87. The van der Waals surface area contributed by atoms with Gasteiger partial charge in [0.25, 0.3) is 5.91 Å². The molecule has 0 spiro atoms. The summed E-state index contributed by atoms with van der Waals surface area (Å²) in [6.45, 7) is 4.59. The number of fused-ring (bicyclic) bond motifs is 1. The first-order valence-corrected chi connectivity index (χ1v) is 13.7. The van der Waals surface area contributed by atoms with Gasteiger partial charge in [-0.25, -0.2) is 9.37 Å². The van der Waals surface area contributed by atoms with Crippen LogP contribution in [0.25, 0.3) is 11.0 Å². The summed E-state index contributed by atoms with van der Waals surface area (Å²) < 4.78 is 15.3. The number of piperidine rings is 1. The van der Waals surface area contributed by atoms with Crippen molar-refractivity contribution in [2.24, 2.45) is 13.0 Å². The van der Waals surface area contributed by atoms with Gasteiger partial charge in [0, 0.05) is 32.6 Å². The predicted octanol–water partition coefficient (Wildman–Crippen LogP) is 5.51. The summed E-state index contributed by atoms with van der Waals surface area (Å²) in [7, 11) is 1.95. The molecule has 0 radical (unpaired) electrons. The van der Waals surface area contributed by atoms with E-state index in [9.17, 15) is 9.18 Å². The molecule has 186 valence electrons. The van der Waals surface area contributed by atoms with E-state index in [0.717, 1.165) is 62.2 Å². The summed E-state index contributed by atoms with van der Waals surface area (Å²) in [5, 5.41) is 4.38. The highest BCUT2D eigenvalue weighted by Gasteiger charge is 2.38. The number of carbonyl (C=O) groups excluding carboxylic acids is 1. The van der Waals surface area contributed by atoms with Crippen LogP contribution >= 0.6 is 11.3 Å². The highest BCUT2D eigenvalue weighted by atomic mass is 32.1. The first-order valence-electron chi connectivity index (χ1n) is 12.8. The van der Waals surface area contributed by atoms with Gasteiger partial charge in [-0.05, 0) is 90.0 Å². The van der Waals surface area contributed by atoms with Gasteiger partial charge in [-0.15, -0.1) is 0 Å². The molecule has 2 atom stereocenters. The monoisotopic (exact) mass is 502 g/mol. The molecular weight excluding hydrogens is 471 g/mol. The molecule has 0 aliphatic carbocycles. The van der Waals surface area contributed by atoms with Crippen LogP contribution in [0, 0.1) is 11.7 Å². The topological polar surface area (TPSA) is 41.4 Å². The molecule has 2 saturated heterocycles. The van der Waals surface area contributed by atoms with E-state index in [4.69, 9.17) is 0 Å². The van der Waals surface area contributed by atoms with E-state index in [0.29, 0.717) is 17.8 Å². The van der Waals surface area contributed by atoms with E-state index in [1.165, 1.54) is 11.1 Å². The number of likely N-dealkylation sites (tertiary alicyclic amines) is 2. The van der Waals surface area contributed by atoms with Crippen molar-refractivity contribution in [1.82, 2.24) is 19.4 Å². The Morgan fingerprint density at radius 3 is 2.61 bits per heavy atom. The van der Waals surface area contributed by atoms with Gasteiger partial charge in [0.2, 0.25) is 0 Å². The van der Waals surface area contributed by atoms with Crippen LogP contribution in [-0.4, -0.2) is 58.0 Å². The van der Waals surface area contributed by atoms with Crippen molar-refractivity contribution in [2.75, 3.05) is 32.7 Å². The zero-order valence-corrected chi connectivity index (χ0v) is 21.3. The van der Waals surface area contributed by atoms with Gasteiger partial charge in [-0.2, -0.15) is 11.3 Å². The largest absolute Gasteiger partial charge is 0.338 e. The molecule has 7 heteroatoms. The zero-order valence-electron chi connectivity index (χ0n) is 20.5. The Bertz CT molecular complexity index is 1340. The van der Waals surface area contributed by atoms with E-state index in [1.807, 2.05) is 41.9 Å². The highest BCUT2D eigenvalue weighted by Crippen LogP contribution is 2.37. The standard InChI is InChI=1S/C29H31FN4OS/c1-32-19-31-27-4-2-3-25(28(27)32)29(35)34-16-23(26(17-34)22-11-14-36-18-22)15-33-12-9-21(10-13-33)20-5-7-24(30)8-6-20/h2-8,11,14,18-19,21,23,26H,9-10,12-13,15-17H2,1H3/t23-,26+/m1/s1. The van der Waals surface area contributed by atoms with Crippen molar-refractivity contribution < 1.29 is 9.18 Å². The smallest absolute Gasteiger partial charge is 0.256 e. The average Bonchev–Trinajstić information content (AvgIpc) is 3.65. The van der Waals surface area contributed by atoms with Gasteiger partial charge in [0.05, 0.1) is 22.9 Å². The van der Waals surface area contributed by atoms with Crippen LogP contribution in [-0.2, 0) is 7.05 Å². The molecule has 36 heavy (non-hydrogen) atoms. The number of hydrogen-bond donors (Lipinski definition) is 0. The van der Waals surface area contributed by atoms with E-state index in [-0.39, 0.29) is 11.7 Å². The summed E-state index contributed by atoms with van der Waals surface area (Å²) in [5.41, 5.74) is 5.09. The van der Waals surface area contributed by atoms with Crippen LogP contribution in [0.15, 0.2) is 65.6 Å². The van der Waals surface area contributed by atoms with Crippen molar-refractivity contribution in [3.63, 3.8) is 0 Å². The molecule has 0 N–H and O–H groups in total. The molecule has 4 aromatic rings. The fourth-order valence-corrected chi connectivity index (χ4v) is 6.88. The lowest BCUT2D eigenvalue weighted by Crippen LogP contribution is -2.38. The summed E-state index contributed by atoms with van der Waals surface area (Å²) in [5.74, 6) is 1.17. The third-order valence-electron chi connectivity index (χ3n) is 8.09. The van der Waals surface area contributed by atoms with Crippen molar-refractivity contribution in [3.8, 4) is 0 Å². The number of carbonyl (C=O) groups is 1. The molecule has 2 aliphatic heterocycles. The number of imidazole rings is 1. The van der Waals surface area contributed by atoms with Crippen LogP contribution in [0.2, 0.25) is 0 Å². The van der Waals surface area contributed by atoms with Crippen molar-refractivity contribution in [2.45, 2.75) is 24.7 Å². The second-order valence-electron chi connectivity index (χ2n) is 10.3. The fraction of sp³-hybridized carbons (Fsp3) is 0.379. The molecule has 2 aromatic heterocycles. The Morgan fingerprint density at radius 1 is 1.06 bits per heavy atom. The molecule has 0 bridgehead atoms. The zero-order chi connectivity index (χ0) is 24.6. The molecule has 2 aliphatic rings. The highest BCUT2D eigenvalue weighted by molar-refractivity contribution is 7.08. The molecular formula is C29H31FN4OS. The minimum atomic E-state index is -0.171. The van der Waals surface area contributed by atoms with Gasteiger partial charge >= 0.3 is 0 Å². The van der Waals surface area contributed by atoms with Crippen molar-refractivity contribution >= 4 is 28.3 Å². The second kappa shape index (κ2) is 9.79. The number of nitrogens with zero attached hydrogens (tertiary/aromatic N) is 4. The number of hydrogen-bond acceptors (Lipinski definition) is 4. The third-order valence-corrected chi connectivity index (χ3v) is 8.79.